The van der Waals surface area contributed by atoms with Gasteiger partial charge in [0.15, 0.2) is 0 Å². The highest BCUT2D eigenvalue weighted by atomic mass is 32.1. The molecule has 1 aromatic heterocycles. The average molecular weight is 282 g/mol. The van der Waals surface area contributed by atoms with Crippen molar-refractivity contribution in [3.05, 3.63) is 5.01 Å². The number of hydrogen-bond acceptors (Lipinski definition) is 5. The number of piperidine rings is 1. The lowest BCUT2D eigenvalue weighted by atomic mass is 9.93. The summed E-state index contributed by atoms with van der Waals surface area (Å²) in [6.45, 7) is 9.21. The Balaban J connectivity index is 2.19. The largest absolute Gasteiger partial charge is 0.369 e. The SMILES string of the molecule is C[C@@H]1CC[C@@H](C(N)=O)CN1c1nnc(C(C)(C)C)s1. The molecule has 0 aromatic carbocycles. The number of nitrogens with zero attached hydrogens (tertiary/aromatic N) is 3. The first kappa shape index (κ1) is 14.2. The summed E-state index contributed by atoms with van der Waals surface area (Å²) >= 11 is 1.62. The Labute approximate surface area is 118 Å². The van der Waals surface area contributed by atoms with Crippen molar-refractivity contribution < 1.29 is 4.79 Å². The first-order valence-corrected chi connectivity index (χ1v) is 7.50. The average Bonchev–Trinajstić information content (AvgIpc) is 2.78. The maximum atomic E-state index is 11.4. The van der Waals surface area contributed by atoms with Crippen LogP contribution in [0.4, 0.5) is 5.13 Å². The number of carbonyl (C=O) groups is 1. The summed E-state index contributed by atoms with van der Waals surface area (Å²) in [6.07, 6.45) is 1.84. The maximum absolute atomic E-state index is 11.4. The second-order valence-electron chi connectivity index (χ2n) is 6.32. The fourth-order valence-corrected chi connectivity index (χ4v) is 3.25. The van der Waals surface area contributed by atoms with Crippen LogP contribution in [0.3, 0.4) is 0 Å². The van der Waals surface area contributed by atoms with E-state index >= 15 is 0 Å². The highest BCUT2D eigenvalue weighted by Gasteiger charge is 2.31. The topological polar surface area (TPSA) is 72.1 Å². The van der Waals surface area contributed by atoms with E-state index in [0.29, 0.717) is 12.6 Å². The highest BCUT2D eigenvalue weighted by molar-refractivity contribution is 7.15. The van der Waals surface area contributed by atoms with Gasteiger partial charge in [0.25, 0.3) is 0 Å². The van der Waals surface area contributed by atoms with Crippen LogP contribution >= 0.6 is 11.3 Å². The van der Waals surface area contributed by atoms with Gasteiger partial charge in [-0.05, 0) is 19.8 Å². The van der Waals surface area contributed by atoms with Crippen LogP contribution < -0.4 is 10.6 Å². The quantitative estimate of drug-likeness (QED) is 0.899. The molecule has 19 heavy (non-hydrogen) atoms. The van der Waals surface area contributed by atoms with Crippen LogP contribution in [0, 0.1) is 5.92 Å². The summed E-state index contributed by atoms with van der Waals surface area (Å²) in [5.41, 5.74) is 5.44. The smallest absolute Gasteiger partial charge is 0.222 e. The van der Waals surface area contributed by atoms with Crippen molar-refractivity contribution >= 4 is 22.4 Å². The molecule has 1 aliphatic heterocycles. The van der Waals surface area contributed by atoms with Gasteiger partial charge in [-0.2, -0.15) is 0 Å². The zero-order valence-electron chi connectivity index (χ0n) is 12.0. The van der Waals surface area contributed by atoms with E-state index in [1.165, 1.54) is 0 Å². The molecular formula is C13H22N4OS. The van der Waals surface area contributed by atoms with E-state index in [2.05, 4.69) is 42.8 Å². The van der Waals surface area contributed by atoms with E-state index in [1.54, 1.807) is 11.3 Å². The lowest BCUT2D eigenvalue weighted by Crippen LogP contribution is -2.45. The maximum Gasteiger partial charge on any atom is 0.222 e. The van der Waals surface area contributed by atoms with Gasteiger partial charge in [-0.25, -0.2) is 0 Å². The molecule has 5 nitrogen and oxygen atoms in total. The Kier molecular flexibility index (Phi) is 3.80. The summed E-state index contributed by atoms with van der Waals surface area (Å²) in [5.74, 6) is -0.282. The summed E-state index contributed by atoms with van der Waals surface area (Å²) in [5, 5.41) is 10.5. The van der Waals surface area contributed by atoms with Gasteiger partial charge in [-0.1, -0.05) is 32.1 Å². The zero-order chi connectivity index (χ0) is 14.2. The molecule has 0 saturated carbocycles. The van der Waals surface area contributed by atoms with Crippen molar-refractivity contribution in [2.24, 2.45) is 11.7 Å². The lowest BCUT2D eigenvalue weighted by molar-refractivity contribution is -0.122. The summed E-state index contributed by atoms with van der Waals surface area (Å²) in [4.78, 5) is 13.5. The number of hydrogen-bond donors (Lipinski definition) is 1. The molecule has 1 fully saturated rings. The van der Waals surface area contributed by atoms with Crippen molar-refractivity contribution in [2.45, 2.75) is 52.0 Å². The summed E-state index contributed by atoms with van der Waals surface area (Å²) in [6, 6.07) is 0.386. The van der Waals surface area contributed by atoms with Crippen LogP contribution in [0.15, 0.2) is 0 Å². The molecular weight excluding hydrogens is 260 g/mol. The summed E-state index contributed by atoms with van der Waals surface area (Å²) in [7, 11) is 0. The predicted octanol–water partition coefficient (Wildman–Crippen LogP) is 1.93. The molecule has 0 spiro atoms. The molecule has 2 heterocycles. The van der Waals surface area contributed by atoms with Gasteiger partial charge in [-0.15, -0.1) is 10.2 Å². The van der Waals surface area contributed by atoms with E-state index < -0.39 is 0 Å². The number of primary amides is 1. The van der Waals surface area contributed by atoms with E-state index in [4.69, 9.17) is 5.73 Å². The van der Waals surface area contributed by atoms with Gasteiger partial charge in [0.2, 0.25) is 11.0 Å². The fourth-order valence-electron chi connectivity index (χ4n) is 2.24. The Morgan fingerprint density at radius 1 is 1.37 bits per heavy atom. The van der Waals surface area contributed by atoms with Crippen molar-refractivity contribution in [2.75, 3.05) is 11.4 Å². The van der Waals surface area contributed by atoms with Crippen molar-refractivity contribution in [3.8, 4) is 0 Å². The van der Waals surface area contributed by atoms with Crippen LogP contribution in [0.2, 0.25) is 0 Å². The Morgan fingerprint density at radius 3 is 2.58 bits per heavy atom. The van der Waals surface area contributed by atoms with Gasteiger partial charge >= 0.3 is 0 Å². The molecule has 1 amide bonds. The molecule has 1 aliphatic rings. The lowest BCUT2D eigenvalue weighted by Gasteiger charge is -2.36. The Morgan fingerprint density at radius 2 is 2.05 bits per heavy atom. The van der Waals surface area contributed by atoms with Gasteiger partial charge in [0, 0.05) is 18.0 Å². The van der Waals surface area contributed by atoms with E-state index in [0.717, 1.165) is 23.0 Å². The molecule has 1 saturated heterocycles. The molecule has 1 aromatic rings. The highest BCUT2D eigenvalue weighted by Crippen LogP contribution is 2.33. The molecule has 0 radical (unpaired) electrons. The number of rotatable bonds is 2. The first-order valence-electron chi connectivity index (χ1n) is 6.69. The van der Waals surface area contributed by atoms with Crippen LogP contribution in [0.25, 0.3) is 0 Å². The third-order valence-electron chi connectivity index (χ3n) is 3.59. The second kappa shape index (κ2) is 5.07. The predicted molar refractivity (Wildman–Crippen MR) is 77.3 cm³/mol. The minimum atomic E-state index is -0.211. The van der Waals surface area contributed by atoms with E-state index in [1.807, 2.05) is 0 Å². The van der Waals surface area contributed by atoms with Crippen molar-refractivity contribution in [1.82, 2.24) is 10.2 Å². The Bertz CT molecular complexity index is 465. The fraction of sp³-hybridized carbons (Fsp3) is 0.769. The number of nitrogens with two attached hydrogens (primary N) is 1. The normalized spacial score (nSPS) is 24.5. The molecule has 2 rings (SSSR count). The standard InChI is InChI=1S/C13H22N4OS/c1-8-5-6-9(10(14)18)7-17(8)12-16-15-11(19-12)13(2,3)4/h8-9H,5-7H2,1-4H3,(H2,14,18)/t8-,9-/m1/s1. The molecule has 2 N–H and O–H groups in total. The molecule has 0 unspecified atom stereocenters. The van der Waals surface area contributed by atoms with E-state index in [9.17, 15) is 4.79 Å². The van der Waals surface area contributed by atoms with Crippen molar-refractivity contribution in [1.29, 1.82) is 0 Å². The second-order valence-corrected chi connectivity index (χ2v) is 7.27. The Hall–Kier alpha value is -1.17. The molecule has 6 heteroatoms. The number of anilines is 1. The number of amides is 1. The van der Waals surface area contributed by atoms with Gasteiger partial charge in [-0.3, -0.25) is 4.79 Å². The molecule has 2 atom stereocenters. The summed E-state index contributed by atoms with van der Waals surface area (Å²) < 4.78 is 0. The van der Waals surface area contributed by atoms with Crippen molar-refractivity contribution in [3.63, 3.8) is 0 Å². The van der Waals surface area contributed by atoms with E-state index in [-0.39, 0.29) is 17.2 Å². The minimum Gasteiger partial charge on any atom is -0.369 e. The van der Waals surface area contributed by atoms with Gasteiger partial charge < -0.3 is 10.6 Å². The molecule has 106 valence electrons. The third kappa shape index (κ3) is 3.05. The van der Waals surface area contributed by atoms with Crippen LogP contribution in [-0.2, 0) is 10.2 Å². The number of aromatic nitrogens is 2. The molecule has 0 aliphatic carbocycles. The van der Waals surface area contributed by atoms with Crippen LogP contribution in [0.1, 0.15) is 45.5 Å². The number of carbonyl (C=O) groups excluding carboxylic acids is 1. The minimum absolute atomic E-state index is 0.0119. The monoisotopic (exact) mass is 282 g/mol. The van der Waals surface area contributed by atoms with Gasteiger partial charge in [0.05, 0.1) is 5.92 Å². The molecule has 0 bridgehead atoms. The van der Waals surface area contributed by atoms with Crippen LogP contribution in [-0.4, -0.2) is 28.7 Å². The van der Waals surface area contributed by atoms with Crippen LogP contribution in [0.5, 0.6) is 0 Å². The third-order valence-corrected chi connectivity index (χ3v) is 4.97. The first-order chi connectivity index (χ1) is 8.79. The van der Waals surface area contributed by atoms with Gasteiger partial charge in [0.1, 0.15) is 5.01 Å². The zero-order valence-corrected chi connectivity index (χ0v) is 12.8.